The second-order valence-corrected chi connectivity index (χ2v) is 8.70. The monoisotopic (exact) mass is 503 g/mol. The van der Waals surface area contributed by atoms with Crippen LogP contribution in [-0.2, 0) is 11.2 Å². The van der Waals surface area contributed by atoms with E-state index in [9.17, 15) is 14.4 Å². The highest BCUT2D eigenvalue weighted by Gasteiger charge is 2.30. The number of nitrogens with zero attached hydrogens (tertiary/aromatic N) is 1. The number of urea groups is 1. The standard InChI is InChI=1S/C28H29N3O6/c1-36-26-17-19(9-14-23(26)30-28(35)29-21-6-3-2-4-7-21)16-25(32)24-8-5-15-31(24)18-37-22-12-10-20(11-13-22)27(33)34/h2-4,6-7,9-14,17,24H,5,8,15-16,18H2,1H3,(H,33,34)(H2,29,30,35)/t24-/m0/s1. The molecule has 9 nitrogen and oxygen atoms in total. The zero-order chi connectivity index (χ0) is 26.2. The van der Waals surface area contributed by atoms with Crippen molar-refractivity contribution in [3.8, 4) is 11.5 Å². The molecule has 0 saturated carbocycles. The summed E-state index contributed by atoms with van der Waals surface area (Å²) < 4.78 is 11.3. The SMILES string of the molecule is COc1cc(CC(=O)[C@@H]2CCCN2COc2ccc(C(=O)O)cc2)ccc1NC(=O)Nc1ccccc1. The molecule has 4 rings (SSSR count). The maximum absolute atomic E-state index is 13.1. The van der Waals surface area contributed by atoms with Crippen LogP contribution in [0, 0.1) is 0 Å². The number of carboxylic acids is 1. The molecule has 1 atom stereocenters. The van der Waals surface area contributed by atoms with Gasteiger partial charge in [0, 0.05) is 18.7 Å². The number of para-hydroxylation sites is 1. The van der Waals surface area contributed by atoms with E-state index in [2.05, 4.69) is 10.6 Å². The minimum absolute atomic E-state index is 0.0758. The molecule has 2 amide bonds. The van der Waals surface area contributed by atoms with Crippen LogP contribution in [0.4, 0.5) is 16.2 Å². The molecule has 0 aliphatic carbocycles. The van der Waals surface area contributed by atoms with E-state index in [4.69, 9.17) is 14.6 Å². The van der Waals surface area contributed by atoms with Gasteiger partial charge in [-0.15, -0.1) is 0 Å². The van der Waals surface area contributed by atoms with Gasteiger partial charge >= 0.3 is 12.0 Å². The summed E-state index contributed by atoms with van der Waals surface area (Å²) in [6.45, 7) is 0.984. The van der Waals surface area contributed by atoms with E-state index in [1.165, 1.54) is 19.2 Å². The molecule has 0 radical (unpaired) electrons. The summed E-state index contributed by atoms with van der Waals surface area (Å²) in [7, 11) is 1.51. The molecule has 0 spiro atoms. The molecule has 37 heavy (non-hydrogen) atoms. The fourth-order valence-electron chi connectivity index (χ4n) is 4.27. The van der Waals surface area contributed by atoms with Crippen LogP contribution in [0.5, 0.6) is 11.5 Å². The molecule has 9 heteroatoms. The van der Waals surface area contributed by atoms with Crippen LogP contribution in [0.25, 0.3) is 0 Å². The number of aromatic carboxylic acids is 1. The lowest BCUT2D eigenvalue weighted by Crippen LogP contribution is -2.39. The fraction of sp³-hybridized carbons (Fsp3) is 0.250. The first-order valence-corrected chi connectivity index (χ1v) is 12.0. The Morgan fingerprint density at radius 1 is 1.00 bits per heavy atom. The Bertz CT molecular complexity index is 1250. The van der Waals surface area contributed by atoms with Crippen molar-refractivity contribution in [2.75, 3.05) is 31.0 Å². The number of carboxylic acid groups (broad SMARTS) is 1. The number of anilines is 2. The maximum Gasteiger partial charge on any atom is 0.335 e. The van der Waals surface area contributed by atoms with Gasteiger partial charge in [0.05, 0.1) is 24.4 Å². The van der Waals surface area contributed by atoms with Crippen molar-refractivity contribution in [1.82, 2.24) is 4.90 Å². The molecule has 1 fully saturated rings. The lowest BCUT2D eigenvalue weighted by molar-refractivity contribution is -0.123. The first-order valence-electron chi connectivity index (χ1n) is 12.0. The molecule has 3 aromatic rings. The van der Waals surface area contributed by atoms with E-state index in [-0.39, 0.29) is 30.5 Å². The highest BCUT2D eigenvalue weighted by atomic mass is 16.5. The van der Waals surface area contributed by atoms with Crippen molar-refractivity contribution in [2.24, 2.45) is 0 Å². The third-order valence-electron chi connectivity index (χ3n) is 6.16. The molecule has 0 aromatic heterocycles. The van der Waals surface area contributed by atoms with Gasteiger partial charge in [0.1, 0.15) is 18.2 Å². The number of likely N-dealkylation sites (tertiary alicyclic amines) is 1. The normalized spacial score (nSPS) is 15.1. The van der Waals surface area contributed by atoms with Gasteiger partial charge in [-0.2, -0.15) is 0 Å². The second kappa shape index (κ2) is 12.0. The number of methoxy groups -OCH3 is 1. The highest BCUT2D eigenvalue weighted by Crippen LogP contribution is 2.27. The van der Waals surface area contributed by atoms with Gasteiger partial charge in [-0.25, -0.2) is 9.59 Å². The summed E-state index contributed by atoms with van der Waals surface area (Å²) in [5, 5.41) is 14.6. The summed E-state index contributed by atoms with van der Waals surface area (Å²) >= 11 is 0. The zero-order valence-corrected chi connectivity index (χ0v) is 20.5. The summed E-state index contributed by atoms with van der Waals surface area (Å²) in [5.41, 5.74) is 2.14. The van der Waals surface area contributed by atoms with Crippen molar-refractivity contribution in [2.45, 2.75) is 25.3 Å². The number of carbonyl (C=O) groups excluding carboxylic acids is 2. The number of Topliss-reactive ketones (excluding diaryl/α,β-unsaturated/α-hetero) is 1. The molecular weight excluding hydrogens is 474 g/mol. The predicted octanol–water partition coefficient (Wildman–Crippen LogP) is 4.65. The van der Waals surface area contributed by atoms with Gasteiger partial charge in [0.25, 0.3) is 0 Å². The Balaban J connectivity index is 1.34. The van der Waals surface area contributed by atoms with E-state index in [0.29, 0.717) is 22.9 Å². The fourth-order valence-corrected chi connectivity index (χ4v) is 4.27. The first kappa shape index (κ1) is 25.7. The van der Waals surface area contributed by atoms with E-state index in [0.717, 1.165) is 24.9 Å². The molecule has 1 aliphatic rings. The zero-order valence-electron chi connectivity index (χ0n) is 20.5. The predicted molar refractivity (Wildman–Crippen MR) is 139 cm³/mol. The van der Waals surface area contributed by atoms with Gasteiger partial charge < -0.3 is 25.2 Å². The molecular formula is C28H29N3O6. The third kappa shape index (κ3) is 6.86. The molecule has 192 valence electrons. The number of carbonyl (C=O) groups is 3. The smallest absolute Gasteiger partial charge is 0.335 e. The highest BCUT2D eigenvalue weighted by molar-refractivity contribution is 6.00. The topological polar surface area (TPSA) is 117 Å². The average molecular weight is 504 g/mol. The van der Waals surface area contributed by atoms with E-state index in [1.54, 1.807) is 42.5 Å². The Hall–Kier alpha value is -4.37. The molecule has 0 bridgehead atoms. The van der Waals surface area contributed by atoms with E-state index >= 15 is 0 Å². The molecule has 3 N–H and O–H groups in total. The van der Waals surface area contributed by atoms with Crippen LogP contribution in [0.2, 0.25) is 0 Å². The molecule has 3 aromatic carbocycles. The molecule has 1 heterocycles. The van der Waals surface area contributed by atoms with Crippen molar-refractivity contribution in [1.29, 1.82) is 0 Å². The van der Waals surface area contributed by atoms with Crippen molar-refractivity contribution in [3.05, 3.63) is 83.9 Å². The molecule has 1 aliphatic heterocycles. The van der Waals surface area contributed by atoms with Crippen LogP contribution in [-0.4, -0.2) is 54.2 Å². The van der Waals surface area contributed by atoms with Crippen molar-refractivity contribution in [3.63, 3.8) is 0 Å². The summed E-state index contributed by atoms with van der Waals surface area (Å²) in [6.07, 6.45) is 1.86. The van der Waals surface area contributed by atoms with E-state index < -0.39 is 12.0 Å². The van der Waals surface area contributed by atoms with Crippen LogP contribution >= 0.6 is 0 Å². The Labute approximate surface area is 215 Å². The Kier molecular flexibility index (Phi) is 8.37. The Morgan fingerprint density at radius 3 is 2.46 bits per heavy atom. The largest absolute Gasteiger partial charge is 0.495 e. The quantitative estimate of drug-likeness (QED) is 0.369. The summed E-state index contributed by atoms with van der Waals surface area (Å²) in [5.74, 6) is 0.0942. The average Bonchev–Trinajstić information content (AvgIpc) is 3.38. The van der Waals surface area contributed by atoms with Crippen LogP contribution in [0.3, 0.4) is 0 Å². The minimum atomic E-state index is -0.993. The van der Waals surface area contributed by atoms with Gasteiger partial charge in [0.15, 0.2) is 5.78 Å². The molecule has 0 unspecified atom stereocenters. The van der Waals surface area contributed by atoms with Gasteiger partial charge in [-0.05, 0) is 66.9 Å². The number of hydrogen-bond acceptors (Lipinski definition) is 6. The number of rotatable bonds is 10. The van der Waals surface area contributed by atoms with Crippen LogP contribution in [0.15, 0.2) is 72.8 Å². The maximum atomic E-state index is 13.1. The number of amides is 2. The lowest BCUT2D eigenvalue weighted by Gasteiger charge is -2.23. The van der Waals surface area contributed by atoms with Crippen LogP contribution < -0.4 is 20.1 Å². The second-order valence-electron chi connectivity index (χ2n) is 8.70. The number of ether oxygens (including phenoxy) is 2. The van der Waals surface area contributed by atoms with E-state index in [1.807, 2.05) is 23.1 Å². The van der Waals surface area contributed by atoms with Gasteiger partial charge in [-0.3, -0.25) is 9.69 Å². The summed E-state index contributed by atoms with van der Waals surface area (Å²) in [6, 6.07) is 19.9. The third-order valence-corrected chi connectivity index (χ3v) is 6.16. The minimum Gasteiger partial charge on any atom is -0.495 e. The van der Waals surface area contributed by atoms with Gasteiger partial charge in [0.2, 0.25) is 0 Å². The van der Waals surface area contributed by atoms with Gasteiger partial charge in [-0.1, -0.05) is 24.3 Å². The first-order chi connectivity index (χ1) is 17.9. The number of hydrogen-bond donors (Lipinski definition) is 3. The Morgan fingerprint density at radius 2 is 1.76 bits per heavy atom. The van der Waals surface area contributed by atoms with Crippen LogP contribution in [0.1, 0.15) is 28.8 Å². The lowest BCUT2D eigenvalue weighted by atomic mass is 10.0. The van der Waals surface area contributed by atoms with Crippen molar-refractivity contribution < 1.29 is 29.0 Å². The summed E-state index contributed by atoms with van der Waals surface area (Å²) in [4.78, 5) is 38.5. The van der Waals surface area contributed by atoms with Crippen molar-refractivity contribution >= 4 is 29.2 Å². The molecule has 1 saturated heterocycles. The number of benzene rings is 3. The number of nitrogens with one attached hydrogen (secondary N) is 2. The number of ketones is 1.